The Labute approximate surface area is 148 Å². The van der Waals surface area contributed by atoms with Gasteiger partial charge in [0, 0.05) is 5.56 Å². The van der Waals surface area contributed by atoms with Gasteiger partial charge in [-0.25, -0.2) is 22.3 Å². The molecule has 0 aliphatic rings. The number of hydrogen-bond donors (Lipinski definition) is 2. The van der Waals surface area contributed by atoms with Crippen LogP contribution in [0.3, 0.4) is 0 Å². The van der Waals surface area contributed by atoms with Crippen LogP contribution in [0.5, 0.6) is 0 Å². The van der Waals surface area contributed by atoms with Gasteiger partial charge in [-0.1, -0.05) is 18.2 Å². The molecule has 134 valence electrons. The minimum atomic E-state index is -4.20. The van der Waals surface area contributed by atoms with Crippen molar-refractivity contribution in [3.8, 4) is 5.69 Å². The van der Waals surface area contributed by atoms with Crippen molar-refractivity contribution in [3.05, 3.63) is 71.8 Å². The van der Waals surface area contributed by atoms with E-state index in [1.807, 2.05) is 18.2 Å². The molecule has 0 saturated heterocycles. The van der Waals surface area contributed by atoms with Crippen molar-refractivity contribution >= 4 is 21.7 Å². The van der Waals surface area contributed by atoms with Crippen LogP contribution >= 0.6 is 0 Å². The molecule has 26 heavy (non-hydrogen) atoms. The summed E-state index contributed by atoms with van der Waals surface area (Å²) < 4.78 is 42.9. The number of carbonyl (C=O) groups is 1. The Kier molecular flexibility index (Phi) is 4.47. The second kappa shape index (κ2) is 6.60. The lowest BCUT2D eigenvalue weighted by Gasteiger charge is -2.10. The summed E-state index contributed by atoms with van der Waals surface area (Å²) in [5.41, 5.74) is 0.272. The highest BCUT2D eigenvalue weighted by Crippen LogP contribution is 2.23. The quantitative estimate of drug-likeness (QED) is 0.714. The molecule has 0 aliphatic heterocycles. The highest BCUT2D eigenvalue weighted by atomic mass is 32.2. The molecular weight excluding hydrogens is 361 g/mol. The monoisotopic (exact) mass is 375 g/mol. The summed E-state index contributed by atoms with van der Waals surface area (Å²) in [5.74, 6) is -2.33. The number of halogens is 1. The van der Waals surface area contributed by atoms with E-state index < -0.39 is 32.3 Å². The van der Waals surface area contributed by atoms with Crippen molar-refractivity contribution in [2.24, 2.45) is 0 Å². The first-order chi connectivity index (χ1) is 12.3. The molecular formula is C17H14FN3O4S. The number of para-hydroxylation sites is 1. The van der Waals surface area contributed by atoms with Crippen molar-refractivity contribution in [2.45, 2.75) is 11.8 Å². The smallest absolute Gasteiger partial charge is 0.335 e. The number of nitrogens with zero attached hydrogens (tertiary/aromatic N) is 2. The van der Waals surface area contributed by atoms with E-state index in [0.717, 1.165) is 17.8 Å². The summed E-state index contributed by atoms with van der Waals surface area (Å²) in [4.78, 5) is 10.6. The largest absolute Gasteiger partial charge is 0.478 e. The standard InChI is InChI=1S/C17H14FN3O4S/c1-11-15(18)7-12(17(22)23)8-16(11)26(24,25)20-13-9-19-21(10-13)14-5-3-2-4-6-14/h2-10,20H,1H3,(H,22,23). The fourth-order valence-electron chi connectivity index (χ4n) is 2.36. The molecule has 3 rings (SSSR count). The van der Waals surface area contributed by atoms with Crippen LogP contribution in [0.15, 0.2) is 59.8 Å². The third-order valence-corrected chi connectivity index (χ3v) is 5.20. The van der Waals surface area contributed by atoms with Gasteiger partial charge < -0.3 is 5.11 Å². The first-order valence-electron chi connectivity index (χ1n) is 7.44. The zero-order valence-electron chi connectivity index (χ0n) is 13.5. The van der Waals surface area contributed by atoms with Gasteiger partial charge in [-0.3, -0.25) is 4.72 Å². The maximum Gasteiger partial charge on any atom is 0.335 e. The highest BCUT2D eigenvalue weighted by Gasteiger charge is 2.22. The topological polar surface area (TPSA) is 101 Å². The Hall–Kier alpha value is -3.20. The summed E-state index contributed by atoms with van der Waals surface area (Å²) in [6.45, 7) is 1.27. The molecule has 0 aliphatic carbocycles. The third kappa shape index (κ3) is 3.42. The normalized spacial score (nSPS) is 11.3. The summed E-state index contributed by atoms with van der Waals surface area (Å²) in [5, 5.41) is 13.1. The fraction of sp³-hybridized carbons (Fsp3) is 0.0588. The summed E-state index contributed by atoms with van der Waals surface area (Å²) in [6, 6.07) is 10.7. The number of aromatic nitrogens is 2. The molecule has 3 aromatic rings. The Bertz CT molecular complexity index is 1080. The number of hydrogen-bond acceptors (Lipinski definition) is 4. The van der Waals surface area contributed by atoms with Crippen LogP contribution in [0.1, 0.15) is 15.9 Å². The summed E-state index contributed by atoms with van der Waals surface area (Å²) in [7, 11) is -4.20. The first-order valence-corrected chi connectivity index (χ1v) is 8.92. The Morgan fingerprint density at radius 3 is 2.58 bits per heavy atom. The lowest BCUT2D eigenvalue weighted by atomic mass is 10.1. The van der Waals surface area contributed by atoms with Crippen LogP contribution in [-0.2, 0) is 10.0 Å². The molecule has 0 atom stereocenters. The van der Waals surface area contributed by atoms with Gasteiger partial charge in [0.15, 0.2) is 0 Å². The Morgan fingerprint density at radius 2 is 1.92 bits per heavy atom. The lowest BCUT2D eigenvalue weighted by Crippen LogP contribution is -2.16. The van der Waals surface area contributed by atoms with Crippen LogP contribution < -0.4 is 4.72 Å². The maximum atomic E-state index is 13.9. The Balaban J connectivity index is 1.95. The second-order valence-electron chi connectivity index (χ2n) is 5.50. The average Bonchev–Trinajstić information content (AvgIpc) is 3.05. The van der Waals surface area contributed by atoms with E-state index >= 15 is 0 Å². The Morgan fingerprint density at radius 1 is 1.23 bits per heavy atom. The molecule has 0 bridgehead atoms. The maximum absolute atomic E-state index is 13.9. The van der Waals surface area contributed by atoms with E-state index in [1.54, 1.807) is 12.1 Å². The van der Waals surface area contributed by atoms with Gasteiger partial charge >= 0.3 is 5.97 Å². The van der Waals surface area contributed by atoms with E-state index in [2.05, 4.69) is 9.82 Å². The number of carboxylic acid groups (broad SMARTS) is 1. The molecule has 2 N–H and O–H groups in total. The molecule has 9 heteroatoms. The van der Waals surface area contributed by atoms with Crippen LogP contribution in [-0.4, -0.2) is 29.3 Å². The minimum Gasteiger partial charge on any atom is -0.478 e. The molecule has 0 fully saturated rings. The number of carboxylic acids is 1. The molecule has 0 spiro atoms. The van der Waals surface area contributed by atoms with Gasteiger partial charge in [0.1, 0.15) is 5.82 Å². The van der Waals surface area contributed by atoms with E-state index in [4.69, 9.17) is 5.11 Å². The zero-order valence-corrected chi connectivity index (χ0v) is 14.4. The van der Waals surface area contributed by atoms with Crippen LogP contribution in [0.25, 0.3) is 5.69 Å². The van der Waals surface area contributed by atoms with Gasteiger partial charge in [0.25, 0.3) is 10.0 Å². The highest BCUT2D eigenvalue weighted by molar-refractivity contribution is 7.92. The number of aromatic carboxylic acids is 1. The number of rotatable bonds is 5. The van der Waals surface area contributed by atoms with E-state index in [-0.39, 0.29) is 11.3 Å². The molecule has 2 aromatic carbocycles. The van der Waals surface area contributed by atoms with E-state index in [1.165, 1.54) is 24.0 Å². The first kappa shape index (κ1) is 17.6. The van der Waals surface area contributed by atoms with Gasteiger partial charge in [0.05, 0.1) is 34.2 Å². The molecule has 0 radical (unpaired) electrons. The van der Waals surface area contributed by atoms with Crippen molar-refractivity contribution in [2.75, 3.05) is 4.72 Å². The minimum absolute atomic E-state index is 0.161. The summed E-state index contributed by atoms with van der Waals surface area (Å²) >= 11 is 0. The molecule has 0 amide bonds. The van der Waals surface area contributed by atoms with Crippen LogP contribution in [0, 0.1) is 12.7 Å². The summed E-state index contributed by atoms with van der Waals surface area (Å²) in [6.07, 6.45) is 2.76. The number of nitrogens with one attached hydrogen (secondary N) is 1. The average molecular weight is 375 g/mol. The predicted molar refractivity (Wildman–Crippen MR) is 92.5 cm³/mol. The SMILES string of the molecule is Cc1c(F)cc(C(=O)O)cc1S(=O)(=O)Nc1cnn(-c2ccccc2)c1. The number of benzene rings is 2. The van der Waals surface area contributed by atoms with Crippen LogP contribution in [0.2, 0.25) is 0 Å². The van der Waals surface area contributed by atoms with Crippen molar-refractivity contribution in [3.63, 3.8) is 0 Å². The van der Waals surface area contributed by atoms with Crippen molar-refractivity contribution < 1.29 is 22.7 Å². The van der Waals surface area contributed by atoms with E-state index in [0.29, 0.717) is 0 Å². The molecule has 7 nitrogen and oxygen atoms in total. The van der Waals surface area contributed by atoms with Gasteiger partial charge in [-0.05, 0) is 31.2 Å². The molecule has 1 heterocycles. The van der Waals surface area contributed by atoms with Crippen molar-refractivity contribution in [1.29, 1.82) is 0 Å². The molecule has 1 aromatic heterocycles. The number of sulfonamides is 1. The molecule has 0 saturated carbocycles. The van der Waals surface area contributed by atoms with Crippen molar-refractivity contribution in [1.82, 2.24) is 9.78 Å². The van der Waals surface area contributed by atoms with Gasteiger partial charge in [-0.15, -0.1) is 0 Å². The fourth-order valence-corrected chi connectivity index (χ4v) is 3.67. The molecule has 0 unspecified atom stereocenters. The van der Waals surface area contributed by atoms with Gasteiger partial charge in [0.2, 0.25) is 0 Å². The number of anilines is 1. The second-order valence-corrected chi connectivity index (χ2v) is 7.15. The lowest BCUT2D eigenvalue weighted by molar-refractivity contribution is 0.0696. The predicted octanol–water partition coefficient (Wildman–Crippen LogP) is 2.82. The zero-order chi connectivity index (χ0) is 18.9. The van der Waals surface area contributed by atoms with Gasteiger partial charge in [-0.2, -0.15) is 5.10 Å². The van der Waals surface area contributed by atoms with Crippen LogP contribution in [0.4, 0.5) is 10.1 Å². The third-order valence-electron chi connectivity index (χ3n) is 3.69. The van der Waals surface area contributed by atoms with E-state index in [9.17, 15) is 17.6 Å².